The normalized spacial score (nSPS) is 14.3. The monoisotopic (exact) mass is 274 g/mol. The Kier molecular flexibility index (Phi) is 4.72. The molecule has 1 heterocycles. The van der Waals surface area contributed by atoms with Gasteiger partial charge in [0.1, 0.15) is 0 Å². The van der Waals surface area contributed by atoms with E-state index in [9.17, 15) is 0 Å². The van der Waals surface area contributed by atoms with E-state index >= 15 is 0 Å². The molecule has 2 aromatic rings. The molecule has 0 fully saturated rings. The Morgan fingerprint density at radius 3 is 2.42 bits per heavy atom. The van der Waals surface area contributed by atoms with Gasteiger partial charge in [-0.2, -0.15) is 0 Å². The van der Waals surface area contributed by atoms with Gasteiger partial charge in [0.2, 0.25) is 0 Å². The first kappa shape index (κ1) is 14.2. The van der Waals surface area contributed by atoms with E-state index in [1.807, 2.05) is 0 Å². The van der Waals surface area contributed by atoms with Crippen molar-refractivity contribution in [1.82, 2.24) is 10.3 Å². The zero-order chi connectivity index (χ0) is 13.8. The fraction of sp³-hybridized carbons (Fsp3) is 0.438. The van der Waals surface area contributed by atoms with E-state index < -0.39 is 0 Å². The van der Waals surface area contributed by atoms with E-state index in [0.717, 1.165) is 17.1 Å². The molecule has 0 aliphatic heterocycles. The van der Waals surface area contributed by atoms with Gasteiger partial charge in [-0.25, -0.2) is 4.98 Å². The summed E-state index contributed by atoms with van der Waals surface area (Å²) in [6.45, 7) is 8.62. The van der Waals surface area contributed by atoms with Crippen molar-refractivity contribution < 1.29 is 0 Å². The number of hydrogen-bond acceptors (Lipinski definition) is 3. The molecule has 0 aliphatic carbocycles. The minimum atomic E-state index is 0.344. The molecular formula is C16H22N2S. The average Bonchev–Trinajstić information content (AvgIpc) is 2.76. The van der Waals surface area contributed by atoms with Gasteiger partial charge in [0.25, 0.3) is 0 Å². The zero-order valence-electron chi connectivity index (χ0n) is 12.1. The standard InChI is InChI=1S/C16H22N2S/c1-5-15(14-9-7-6-8-10-14)18-12(3)16-11(2)17-13(4)19-16/h6-10,12,15,18H,5H2,1-4H3. The summed E-state index contributed by atoms with van der Waals surface area (Å²) >= 11 is 1.80. The minimum Gasteiger partial charge on any atom is -0.303 e. The first-order chi connectivity index (χ1) is 9.11. The van der Waals surface area contributed by atoms with Gasteiger partial charge in [-0.15, -0.1) is 11.3 Å². The fourth-order valence-corrected chi connectivity index (χ4v) is 3.40. The number of thiazole rings is 1. The highest BCUT2D eigenvalue weighted by atomic mass is 32.1. The SMILES string of the molecule is CCC(NC(C)c1sc(C)nc1C)c1ccccc1. The number of rotatable bonds is 5. The van der Waals surface area contributed by atoms with E-state index in [1.54, 1.807) is 11.3 Å². The molecule has 0 saturated carbocycles. The lowest BCUT2D eigenvalue weighted by Crippen LogP contribution is -2.24. The van der Waals surface area contributed by atoms with Gasteiger partial charge < -0.3 is 5.32 Å². The Morgan fingerprint density at radius 1 is 1.21 bits per heavy atom. The molecule has 2 nitrogen and oxygen atoms in total. The van der Waals surface area contributed by atoms with Crippen molar-refractivity contribution in [3.05, 3.63) is 51.5 Å². The molecule has 0 amide bonds. The summed E-state index contributed by atoms with van der Waals surface area (Å²) in [5.41, 5.74) is 2.51. The van der Waals surface area contributed by atoms with Crippen LogP contribution in [0.4, 0.5) is 0 Å². The molecule has 2 unspecified atom stereocenters. The van der Waals surface area contributed by atoms with E-state index in [4.69, 9.17) is 0 Å². The van der Waals surface area contributed by atoms with Crippen LogP contribution in [0.3, 0.4) is 0 Å². The molecule has 0 bridgehead atoms. The van der Waals surface area contributed by atoms with Crippen LogP contribution in [0.15, 0.2) is 30.3 Å². The number of nitrogens with zero attached hydrogens (tertiary/aromatic N) is 1. The van der Waals surface area contributed by atoms with Crippen molar-refractivity contribution in [2.75, 3.05) is 0 Å². The van der Waals surface area contributed by atoms with Crippen LogP contribution < -0.4 is 5.32 Å². The van der Waals surface area contributed by atoms with Gasteiger partial charge in [-0.1, -0.05) is 37.3 Å². The number of benzene rings is 1. The molecule has 102 valence electrons. The molecule has 1 N–H and O–H groups in total. The van der Waals surface area contributed by atoms with E-state index in [2.05, 4.69) is 68.3 Å². The molecule has 0 spiro atoms. The summed E-state index contributed by atoms with van der Waals surface area (Å²) < 4.78 is 0. The predicted octanol–water partition coefficient (Wildman–Crippen LogP) is 4.56. The van der Waals surface area contributed by atoms with E-state index in [1.165, 1.54) is 10.4 Å². The summed E-state index contributed by atoms with van der Waals surface area (Å²) in [6, 6.07) is 11.4. The van der Waals surface area contributed by atoms with Crippen molar-refractivity contribution in [3.63, 3.8) is 0 Å². The van der Waals surface area contributed by atoms with Crippen LogP contribution in [-0.2, 0) is 0 Å². The Bertz CT molecular complexity index is 519. The van der Waals surface area contributed by atoms with Crippen LogP contribution in [0.5, 0.6) is 0 Å². The largest absolute Gasteiger partial charge is 0.303 e. The maximum absolute atomic E-state index is 4.52. The fourth-order valence-electron chi connectivity index (χ4n) is 2.46. The predicted molar refractivity (Wildman–Crippen MR) is 82.6 cm³/mol. The third kappa shape index (κ3) is 3.43. The highest BCUT2D eigenvalue weighted by molar-refractivity contribution is 7.11. The van der Waals surface area contributed by atoms with Gasteiger partial charge in [-0.3, -0.25) is 0 Å². The van der Waals surface area contributed by atoms with Gasteiger partial charge in [-0.05, 0) is 32.8 Å². The molecule has 3 heteroatoms. The Hall–Kier alpha value is -1.19. The Morgan fingerprint density at radius 2 is 1.89 bits per heavy atom. The molecule has 1 aromatic heterocycles. The molecule has 2 atom stereocenters. The summed E-state index contributed by atoms with van der Waals surface area (Å²) in [6.07, 6.45) is 1.09. The maximum atomic E-state index is 4.52. The Labute approximate surface area is 119 Å². The van der Waals surface area contributed by atoms with Crippen LogP contribution in [0.1, 0.15) is 53.5 Å². The molecule has 19 heavy (non-hydrogen) atoms. The first-order valence-electron chi connectivity index (χ1n) is 6.86. The number of aryl methyl sites for hydroxylation is 2. The molecule has 2 rings (SSSR count). The summed E-state index contributed by atoms with van der Waals surface area (Å²) in [5.74, 6) is 0. The van der Waals surface area contributed by atoms with Crippen molar-refractivity contribution in [2.24, 2.45) is 0 Å². The summed E-state index contributed by atoms with van der Waals surface area (Å²) in [7, 11) is 0. The molecule has 1 aromatic carbocycles. The topological polar surface area (TPSA) is 24.9 Å². The second-order valence-corrected chi connectivity index (χ2v) is 6.18. The van der Waals surface area contributed by atoms with Crippen molar-refractivity contribution in [2.45, 2.75) is 46.2 Å². The molecule has 0 aliphatic rings. The lowest BCUT2D eigenvalue weighted by Gasteiger charge is -2.22. The highest BCUT2D eigenvalue weighted by Crippen LogP contribution is 2.27. The van der Waals surface area contributed by atoms with Crippen LogP contribution >= 0.6 is 11.3 Å². The van der Waals surface area contributed by atoms with Gasteiger partial charge in [0.05, 0.1) is 10.7 Å². The Balaban J connectivity index is 2.13. The number of aromatic nitrogens is 1. The van der Waals surface area contributed by atoms with Gasteiger partial charge in [0.15, 0.2) is 0 Å². The third-order valence-corrected chi connectivity index (χ3v) is 4.65. The van der Waals surface area contributed by atoms with Crippen molar-refractivity contribution >= 4 is 11.3 Å². The van der Waals surface area contributed by atoms with Gasteiger partial charge in [0, 0.05) is 17.0 Å². The second kappa shape index (κ2) is 6.31. The van der Waals surface area contributed by atoms with Crippen LogP contribution in [0, 0.1) is 13.8 Å². The lowest BCUT2D eigenvalue weighted by molar-refractivity contribution is 0.459. The first-order valence-corrected chi connectivity index (χ1v) is 7.68. The summed E-state index contributed by atoms with van der Waals surface area (Å²) in [5, 5.41) is 4.87. The quantitative estimate of drug-likeness (QED) is 0.864. The van der Waals surface area contributed by atoms with Crippen LogP contribution in [0.2, 0.25) is 0 Å². The molecule has 0 radical (unpaired) electrons. The average molecular weight is 274 g/mol. The second-order valence-electron chi connectivity index (χ2n) is 4.94. The van der Waals surface area contributed by atoms with Crippen LogP contribution in [-0.4, -0.2) is 4.98 Å². The van der Waals surface area contributed by atoms with E-state index in [-0.39, 0.29) is 0 Å². The number of nitrogens with one attached hydrogen (secondary N) is 1. The third-order valence-electron chi connectivity index (χ3n) is 3.39. The zero-order valence-corrected chi connectivity index (χ0v) is 12.9. The molecular weight excluding hydrogens is 252 g/mol. The van der Waals surface area contributed by atoms with Crippen molar-refractivity contribution in [3.8, 4) is 0 Å². The maximum Gasteiger partial charge on any atom is 0.0900 e. The van der Waals surface area contributed by atoms with Crippen molar-refractivity contribution in [1.29, 1.82) is 0 Å². The smallest absolute Gasteiger partial charge is 0.0900 e. The highest BCUT2D eigenvalue weighted by Gasteiger charge is 2.17. The minimum absolute atomic E-state index is 0.344. The molecule has 0 saturated heterocycles. The lowest BCUT2D eigenvalue weighted by atomic mass is 10.0. The van der Waals surface area contributed by atoms with E-state index in [0.29, 0.717) is 12.1 Å². The summed E-state index contributed by atoms with van der Waals surface area (Å²) in [4.78, 5) is 5.87. The number of hydrogen-bond donors (Lipinski definition) is 1. The van der Waals surface area contributed by atoms with Gasteiger partial charge >= 0.3 is 0 Å². The van der Waals surface area contributed by atoms with Crippen LogP contribution in [0.25, 0.3) is 0 Å².